The molecule has 0 bridgehead atoms. The largest absolute Gasteiger partial charge is 0.425 e. The molecule has 0 aliphatic rings. The second-order valence-corrected chi connectivity index (χ2v) is 16.1. The van der Waals surface area contributed by atoms with Crippen molar-refractivity contribution in [3.63, 3.8) is 0 Å². The van der Waals surface area contributed by atoms with Gasteiger partial charge >= 0.3 is 11.9 Å². The van der Waals surface area contributed by atoms with E-state index in [4.69, 9.17) is 32.7 Å². The predicted octanol–water partition coefficient (Wildman–Crippen LogP) is 16.1. The van der Waals surface area contributed by atoms with Crippen LogP contribution in [0.15, 0.2) is 84.9 Å². The average Bonchev–Trinajstić information content (AvgIpc) is 3.20. The minimum absolute atomic E-state index is 0.231. The van der Waals surface area contributed by atoms with Gasteiger partial charge in [0, 0.05) is 44.4 Å². The molecule has 0 fully saturated rings. The van der Waals surface area contributed by atoms with Crippen molar-refractivity contribution in [1.29, 1.82) is 0 Å². The SMILES string of the molecule is CCCCCCCCCCC(=O)Oc1c2ccccc2c(-c2c3ccccc3c(OC(=O)CCCCCCCCCC)c3ccc(Cl)cc23)c2cc(Cl)ccc12. The Bertz CT molecular complexity index is 2120. The molecule has 6 rings (SSSR count). The molecule has 4 nitrogen and oxygen atoms in total. The highest BCUT2D eigenvalue weighted by molar-refractivity contribution is 6.34. The fraction of sp³-hybridized carbons (Fsp3) is 0.400. The number of hydrogen-bond acceptors (Lipinski definition) is 4. The van der Waals surface area contributed by atoms with E-state index in [0.29, 0.717) is 34.4 Å². The van der Waals surface area contributed by atoms with Crippen molar-refractivity contribution in [1.82, 2.24) is 0 Å². The van der Waals surface area contributed by atoms with Gasteiger partial charge in [0.2, 0.25) is 0 Å². The van der Waals surface area contributed by atoms with Crippen LogP contribution < -0.4 is 9.47 Å². The van der Waals surface area contributed by atoms with E-state index in [1.165, 1.54) is 64.2 Å². The lowest BCUT2D eigenvalue weighted by atomic mass is 9.85. The number of fused-ring (bicyclic) bond motifs is 4. The number of carbonyl (C=O) groups is 2. The summed E-state index contributed by atoms with van der Waals surface area (Å²) in [5, 5.41) is 7.97. The molecule has 0 N–H and O–H groups in total. The van der Waals surface area contributed by atoms with E-state index in [1.807, 2.05) is 72.8 Å². The van der Waals surface area contributed by atoms with E-state index < -0.39 is 0 Å². The van der Waals surface area contributed by atoms with Crippen molar-refractivity contribution in [3.05, 3.63) is 95.0 Å². The van der Waals surface area contributed by atoms with Crippen LogP contribution in [0.4, 0.5) is 0 Å². The first-order chi connectivity index (χ1) is 27.4. The number of esters is 2. The molecule has 0 unspecified atom stereocenters. The quantitative estimate of drug-likeness (QED) is 0.0315. The molecule has 294 valence electrons. The third-order valence-electron chi connectivity index (χ3n) is 11.0. The van der Waals surface area contributed by atoms with Crippen LogP contribution in [0, 0.1) is 0 Å². The van der Waals surface area contributed by atoms with Gasteiger partial charge in [0.15, 0.2) is 0 Å². The number of benzene rings is 6. The molecule has 6 heteroatoms. The monoisotopic (exact) mass is 790 g/mol. The van der Waals surface area contributed by atoms with E-state index in [2.05, 4.69) is 26.0 Å². The number of carbonyl (C=O) groups excluding carboxylic acids is 2. The van der Waals surface area contributed by atoms with E-state index in [9.17, 15) is 9.59 Å². The fourth-order valence-corrected chi connectivity index (χ4v) is 8.46. The van der Waals surface area contributed by atoms with Crippen molar-refractivity contribution >= 4 is 78.2 Å². The molecule has 0 aromatic heterocycles. The van der Waals surface area contributed by atoms with Crippen molar-refractivity contribution in [2.45, 2.75) is 129 Å². The van der Waals surface area contributed by atoms with Crippen LogP contribution in [-0.4, -0.2) is 11.9 Å². The summed E-state index contributed by atoms with van der Waals surface area (Å²) in [6, 6.07) is 27.7. The van der Waals surface area contributed by atoms with Gasteiger partial charge in [-0.05, 0) is 81.9 Å². The van der Waals surface area contributed by atoms with E-state index in [-0.39, 0.29) is 11.9 Å². The fourth-order valence-electron chi connectivity index (χ4n) is 8.12. The summed E-state index contributed by atoms with van der Waals surface area (Å²) in [6.07, 6.45) is 19.2. The van der Waals surface area contributed by atoms with Gasteiger partial charge in [0.25, 0.3) is 0 Å². The second-order valence-electron chi connectivity index (χ2n) is 15.3. The van der Waals surface area contributed by atoms with Gasteiger partial charge < -0.3 is 9.47 Å². The van der Waals surface area contributed by atoms with Gasteiger partial charge in [-0.3, -0.25) is 9.59 Å². The molecule has 0 spiro atoms. The Morgan fingerprint density at radius 2 is 0.732 bits per heavy atom. The minimum Gasteiger partial charge on any atom is -0.425 e. The Morgan fingerprint density at radius 1 is 0.411 bits per heavy atom. The molecule has 0 aliphatic heterocycles. The molecule has 0 atom stereocenters. The lowest BCUT2D eigenvalue weighted by Gasteiger charge is -2.21. The topological polar surface area (TPSA) is 52.6 Å². The Hall–Kier alpha value is -4.12. The zero-order valence-corrected chi connectivity index (χ0v) is 34.7. The highest BCUT2D eigenvalue weighted by atomic mass is 35.5. The Kier molecular flexibility index (Phi) is 15.5. The van der Waals surface area contributed by atoms with Crippen LogP contribution >= 0.6 is 23.2 Å². The third-order valence-corrected chi connectivity index (χ3v) is 11.5. The zero-order chi connectivity index (χ0) is 39.3. The summed E-state index contributed by atoms with van der Waals surface area (Å²) in [4.78, 5) is 26.9. The number of rotatable bonds is 21. The maximum absolute atomic E-state index is 13.5. The van der Waals surface area contributed by atoms with Gasteiger partial charge in [-0.25, -0.2) is 0 Å². The molecule has 56 heavy (non-hydrogen) atoms. The maximum atomic E-state index is 13.5. The lowest BCUT2D eigenvalue weighted by molar-refractivity contribution is -0.135. The summed E-state index contributed by atoms with van der Waals surface area (Å²) in [5.41, 5.74) is 1.89. The molecular formula is C50H56Cl2O4. The van der Waals surface area contributed by atoms with Crippen LogP contribution in [0.3, 0.4) is 0 Å². The molecule has 0 amide bonds. The van der Waals surface area contributed by atoms with E-state index in [0.717, 1.165) is 92.7 Å². The highest BCUT2D eigenvalue weighted by Gasteiger charge is 2.24. The number of ether oxygens (including phenoxy) is 2. The van der Waals surface area contributed by atoms with Crippen LogP contribution in [0.2, 0.25) is 10.0 Å². The van der Waals surface area contributed by atoms with Crippen molar-refractivity contribution in [2.24, 2.45) is 0 Å². The molecule has 0 aliphatic carbocycles. The predicted molar refractivity (Wildman–Crippen MR) is 238 cm³/mol. The third kappa shape index (κ3) is 10.2. The van der Waals surface area contributed by atoms with Crippen LogP contribution in [0.25, 0.3) is 54.2 Å². The molecule has 0 saturated heterocycles. The van der Waals surface area contributed by atoms with Gasteiger partial charge in [0.05, 0.1) is 0 Å². The average molecular weight is 792 g/mol. The van der Waals surface area contributed by atoms with Gasteiger partial charge in [-0.1, -0.05) is 175 Å². The Balaban J connectivity index is 1.38. The second kappa shape index (κ2) is 20.9. The van der Waals surface area contributed by atoms with Crippen molar-refractivity contribution in [3.8, 4) is 22.6 Å². The maximum Gasteiger partial charge on any atom is 0.311 e. The van der Waals surface area contributed by atoms with Crippen LogP contribution in [0.5, 0.6) is 11.5 Å². The summed E-state index contributed by atoms with van der Waals surface area (Å²) in [7, 11) is 0. The van der Waals surface area contributed by atoms with Gasteiger partial charge in [0.1, 0.15) is 11.5 Å². The van der Waals surface area contributed by atoms with Crippen molar-refractivity contribution < 1.29 is 19.1 Å². The zero-order valence-electron chi connectivity index (χ0n) is 33.2. The lowest BCUT2D eigenvalue weighted by Crippen LogP contribution is -2.09. The first kappa shape index (κ1) is 41.5. The van der Waals surface area contributed by atoms with Crippen molar-refractivity contribution in [2.75, 3.05) is 0 Å². The van der Waals surface area contributed by atoms with Crippen LogP contribution in [-0.2, 0) is 9.59 Å². The summed E-state index contributed by atoms with van der Waals surface area (Å²) in [6.45, 7) is 4.47. The molecule has 0 saturated carbocycles. The van der Waals surface area contributed by atoms with E-state index >= 15 is 0 Å². The Labute approximate surface area is 342 Å². The number of halogens is 2. The molecule has 0 heterocycles. The molecular weight excluding hydrogens is 735 g/mol. The van der Waals surface area contributed by atoms with Gasteiger partial charge in [-0.2, -0.15) is 0 Å². The van der Waals surface area contributed by atoms with Crippen LogP contribution in [0.1, 0.15) is 129 Å². The first-order valence-corrected chi connectivity index (χ1v) is 21.9. The summed E-state index contributed by atoms with van der Waals surface area (Å²) < 4.78 is 12.6. The highest BCUT2D eigenvalue weighted by Crippen LogP contribution is 2.50. The minimum atomic E-state index is -0.231. The molecule has 6 aromatic rings. The smallest absolute Gasteiger partial charge is 0.311 e. The van der Waals surface area contributed by atoms with Gasteiger partial charge in [-0.15, -0.1) is 0 Å². The standard InChI is InChI=1S/C50H56Cl2O4/c1-3-5-7-9-11-13-15-17-27-45(53)55-49-39-25-21-19-23-37(39)47(43-33-35(51)29-31-41(43)49)48-38-24-20-22-26-40(38)50(42-32-30-36(52)34-44(42)48)56-46(54)28-18-16-14-12-10-8-6-4-2/h19-26,29-34H,3-18,27-28H2,1-2H3. The summed E-state index contributed by atoms with van der Waals surface area (Å²) >= 11 is 13.5. The van der Waals surface area contributed by atoms with E-state index in [1.54, 1.807) is 0 Å². The molecule has 6 aromatic carbocycles. The Morgan fingerprint density at radius 3 is 1.11 bits per heavy atom. The number of hydrogen-bond donors (Lipinski definition) is 0. The summed E-state index contributed by atoms with van der Waals surface area (Å²) in [5.74, 6) is 0.620. The molecule has 0 radical (unpaired) electrons. The number of unbranched alkanes of at least 4 members (excludes halogenated alkanes) is 14. The first-order valence-electron chi connectivity index (χ1n) is 21.1. The normalized spacial score (nSPS) is 11.6.